The van der Waals surface area contributed by atoms with Crippen LogP contribution in [0.2, 0.25) is 0 Å². The molecule has 10 heteroatoms. The molecule has 1 aromatic carbocycles. The van der Waals surface area contributed by atoms with Crippen molar-refractivity contribution in [3.05, 3.63) is 34.4 Å². The fraction of sp³-hybridized carbons (Fsp3) is 0.462. The van der Waals surface area contributed by atoms with Crippen LogP contribution in [-0.2, 0) is 14.8 Å². The van der Waals surface area contributed by atoms with Crippen LogP contribution in [0.5, 0.6) is 0 Å². The summed E-state index contributed by atoms with van der Waals surface area (Å²) >= 11 is 0. The molecule has 0 unspecified atom stereocenters. The van der Waals surface area contributed by atoms with E-state index < -0.39 is 21.0 Å². The molecule has 0 atom stereocenters. The van der Waals surface area contributed by atoms with Crippen LogP contribution in [0.3, 0.4) is 0 Å². The van der Waals surface area contributed by atoms with Gasteiger partial charge in [0.05, 0.1) is 16.9 Å². The minimum absolute atomic E-state index is 0.151. The lowest BCUT2D eigenvalue weighted by Gasteiger charge is -2.31. The van der Waals surface area contributed by atoms with Crippen LogP contribution in [-0.4, -0.2) is 50.6 Å². The van der Waals surface area contributed by atoms with Gasteiger partial charge in [-0.25, -0.2) is 17.9 Å². The lowest BCUT2D eigenvalue weighted by atomic mass is 10.1. The molecule has 0 aliphatic carbocycles. The molecule has 0 saturated carbocycles. The number of rotatable bonds is 4. The Kier molecular flexibility index (Phi) is 5.16. The second kappa shape index (κ2) is 6.92. The lowest BCUT2D eigenvalue weighted by Crippen LogP contribution is -2.46. The Morgan fingerprint density at radius 1 is 1.39 bits per heavy atom. The maximum absolute atomic E-state index is 12.3. The zero-order chi connectivity index (χ0) is 17.0. The number of nitro benzene ring substituents is 1. The summed E-state index contributed by atoms with van der Waals surface area (Å²) in [6.45, 7) is 0.767. The summed E-state index contributed by atoms with van der Waals surface area (Å²) in [7, 11) is -2.56. The number of hydrogen-bond donors (Lipinski definition) is 1. The van der Waals surface area contributed by atoms with Crippen molar-refractivity contribution in [2.75, 3.05) is 20.2 Å². The van der Waals surface area contributed by atoms with Crippen molar-refractivity contribution in [3.63, 3.8) is 0 Å². The van der Waals surface area contributed by atoms with Crippen LogP contribution in [0.15, 0.2) is 29.2 Å². The van der Waals surface area contributed by atoms with Crippen molar-refractivity contribution in [1.29, 1.82) is 0 Å². The Morgan fingerprint density at radius 3 is 2.61 bits per heavy atom. The maximum atomic E-state index is 12.3. The molecule has 126 valence electrons. The first-order valence-electron chi connectivity index (χ1n) is 6.93. The highest BCUT2D eigenvalue weighted by atomic mass is 32.2. The lowest BCUT2D eigenvalue weighted by molar-refractivity contribution is -0.385. The summed E-state index contributed by atoms with van der Waals surface area (Å²) in [6, 6.07) is 4.55. The average molecular weight is 343 g/mol. The number of benzene rings is 1. The molecule has 1 amide bonds. The smallest absolute Gasteiger partial charge is 0.409 e. The number of piperidine rings is 1. The number of carbonyl (C=O) groups is 1. The first-order valence-corrected chi connectivity index (χ1v) is 8.41. The van der Waals surface area contributed by atoms with Gasteiger partial charge in [-0.15, -0.1) is 0 Å². The molecule has 1 aliphatic heterocycles. The second-order valence-electron chi connectivity index (χ2n) is 5.11. The number of nitrogens with one attached hydrogen (secondary N) is 1. The van der Waals surface area contributed by atoms with Crippen LogP contribution in [0.1, 0.15) is 12.8 Å². The molecule has 1 N–H and O–H groups in total. The normalized spacial score (nSPS) is 16.1. The molecule has 1 fully saturated rings. The van der Waals surface area contributed by atoms with Gasteiger partial charge in [-0.2, -0.15) is 0 Å². The Hall–Kier alpha value is -2.20. The summed E-state index contributed by atoms with van der Waals surface area (Å²) in [5.41, 5.74) is -0.284. The SMILES string of the molecule is COC(=O)N1CCC(NS(=O)(=O)c2cccc([N+](=O)[O-])c2)CC1. The zero-order valence-electron chi connectivity index (χ0n) is 12.5. The molecule has 23 heavy (non-hydrogen) atoms. The molecule has 1 saturated heterocycles. The van der Waals surface area contributed by atoms with Gasteiger partial charge < -0.3 is 9.64 Å². The van der Waals surface area contributed by atoms with Gasteiger partial charge in [0, 0.05) is 31.3 Å². The largest absolute Gasteiger partial charge is 0.453 e. The van der Waals surface area contributed by atoms with E-state index in [2.05, 4.69) is 9.46 Å². The third-order valence-electron chi connectivity index (χ3n) is 3.59. The molecule has 9 nitrogen and oxygen atoms in total. The number of nitrogens with zero attached hydrogens (tertiary/aromatic N) is 2. The number of hydrogen-bond acceptors (Lipinski definition) is 6. The van der Waals surface area contributed by atoms with E-state index in [0.717, 1.165) is 6.07 Å². The van der Waals surface area contributed by atoms with Crippen molar-refractivity contribution in [2.24, 2.45) is 0 Å². The highest BCUT2D eigenvalue weighted by Gasteiger charge is 2.27. The van der Waals surface area contributed by atoms with E-state index in [1.807, 2.05) is 0 Å². The molecule has 1 aromatic rings. The summed E-state index contributed by atoms with van der Waals surface area (Å²) in [5.74, 6) is 0. The predicted molar refractivity (Wildman–Crippen MR) is 80.4 cm³/mol. The van der Waals surface area contributed by atoms with Gasteiger partial charge >= 0.3 is 6.09 Å². The van der Waals surface area contributed by atoms with E-state index >= 15 is 0 Å². The fourth-order valence-electron chi connectivity index (χ4n) is 2.36. The van der Waals surface area contributed by atoms with E-state index in [4.69, 9.17) is 0 Å². The summed E-state index contributed by atoms with van der Waals surface area (Å²) in [4.78, 5) is 22.8. The first kappa shape index (κ1) is 17.2. The van der Waals surface area contributed by atoms with E-state index in [-0.39, 0.29) is 16.6 Å². The van der Waals surface area contributed by atoms with Crippen LogP contribution in [0.25, 0.3) is 0 Å². The maximum Gasteiger partial charge on any atom is 0.409 e. The van der Waals surface area contributed by atoms with Crippen LogP contribution >= 0.6 is 0 Å². The average Bonchev–Trinajstić information content (AvgIpc) is 2.54. The Balaban J connectivity index is 2.04. The topological polar surface area (TPSA) is 119 Å². The summed E-state index contributed by atoms with van der Waals surface area (Å²) in [6.07, 6.45) is 0.456. The van der Waals surface area contributed by atoms with Gasteiger partial charge in [0.2, 0.25) is 10.0 Å². The molecule has 0 aromatic heterocycles. The Bertz CT molecular complexity index is 697. The number of sulfonamides is 1. The third kappa shape index (κ3) is 4.17. The van der Waals surface area contributed by atoms with Crippen molar-refractivity contribution in [2.45, 2.75) is 23.8 Å². The van der Waals surface area contributed by atoms with Crippen LogP contribution in [0.4, 0.5) is 10.5 Å². The number of carbonyl (C=O) groups excluding carboxylic acids is 1. The number of amides is 1. The van der Waals surface area contributed by atoms with E-state index in [0.29, 0.717) is 25.9 Å². The fourth-order valence-corrected chi connectivity index (χ4v) is 3.70. The molecular weight excluding hydrogens is 326 g/mol. The number of non-ortho nitro benzene ring substituents is 1. The van der Waals surface area contributed by atoms with E-state index in [9.17, 15) is 23.3 Å². The van der Waals surface area contributed by atoms with E-state index in [1.165, 1.54) is 30.2 Å². The van der Waals surface area contributed by atoms with Crippen molar-refractivity contribution in [3.8, 4) is 0 Å². The third-order valence-corrected chi connectivity index (χ3v) is 5.11. The zero-order valence-corrected chi connectivity index (χ0v) is 13.3. The number of methoxy groups -OCH3 is 1. The standard InChI is InChI=1S/C13H17N3O6S/c1-22-13(17)15-7-5-10(6-8-15)14-23(20,21)12-4-2-3-11(9-12)16(18)19/h2-4,9-10,14H,5-8H2,1H3. The number of nitro groups is 1. The molecule has 0 spiro atoms. The van der Waals surface area contributed by atoms with Crippen molar-refractivity contribution in [1.82, 2.24) is 9.62 Å². The number of ether oxygens (including phenoxy) is 1. The Morgan fingerprint density at radius 2 is 2.04 bits per heavy atom. The predicted octanol–water partition coefficient (Wildman–Crippen LogP) is 1.10. The summed E-state index contributed by atoms with van der Waals surface area (Å²) in [5, 5.41) is 10.7. The molecule has 0 radical (unpaired) electrons. The van der Waals surface area contributed by atoms with Gasteiger partial charge in [0.1, 0.15) is 0 Å². The van der Waals surface area contributed by atoms with Crippen molar-refractivity contribution < 1.29 is 22.9 Å². The van der Waals surface area contributed by atoms with Gasteiger partial charge in [0.25, 0.3) is 5.69 Å². The monoisotopic (exact) mass is 343 g/mol. The quantitative estimate of drug-likeness (QED) is 0.646. The minimum atomic E-state index is -3.85. The molecule has 1 heterocycles. The number of likely N-dealkylation sites (tertiary alicyclic amines) is 1. The van der Waals surface area contributed by atoms with Gasteiger partial charge in [-0.05, 0) is 18.9 Å². The minimum Gasteiger partial charge on any atom is -0.453 e. The summed E-state index contributed by atoms with van der Waals surface area (Å²) < 4.78 is 31.8. The van der Waals surface area contributed by atoms with Gasteiger partial charge in [0.15, 0.2) is 0 Å². The van der Waals surface area contributed by atoms with Gasteiger partial charge in [-0.1, -0.05) is 6.07 Å². The van der Waals surface area contributed by atoms with Gasteiger partial charge in [-0.3, -0.25) is 10.1 Å². The van der Waals surface area contributed by atoms with E-state index in [1.54, 1.807) is 0 Å². The molecule has 0 bridgehead atoms. The Labute approximate surface area is 133 Å². The molecular formula is C13H17N3O6S. The second-order valence-corrected chi connectivity index (χ2v) is 6.82. The van der Waals surface area contributed by atoms with Crippen LogP contribution in [0, 0.1) is 10.1 Å². The van der Waals surface area contributed by atoms with Crippen molar-refractivity contribution >= 4 is 21.8 Å². The molecule has 2 rings (SSSR count). The highest BCUT2D eigenvalue weighted by molar-refractivity contribution is 7.89. The molecule has 1 aliphatic rings. The van der Waals surface area contributed by atoms with Crippen LogP contribution < -0.4 is 4.72 Å². The first-order chi connectivity index (χ1) is 10.8. The highest BCUT2D eigenvalue weighted by Crippen LogP contribution is 2.19.